The molecular weight excluding hydrogens is 256 g/mol. The fourth-order valence-corrected chi connectivity index (χ4v) is 2.08. The molecule has 2 heterocycles. The molecule has 0 atom stereocenters. The first-order valence-electron chi connectivity index (χ1n) is 6.57. The number of methoxy groups -OCH3 is 1. The first-order valence-corrected chi connectivity index (χ1v) is 6.57. The molecule has 0 fully saturated rings. The Labute approximate surface area is 118 Å². The maximum atomic E-state index is 12.3. The molecule has 0 spiro atoms. The first kappa shape index (κ1) is 14.4. The predicted molar refractivity (Wildman–Crippen MR) is 74.5 cm³/mol. The lowest BCUT2D eigenvalue weighted by molar-refractivity contribution is -0.124. The largest absolute Gasteiger partial charge is 0.385 e. The molecule has 0 aliphatic carbocycles. The van der Waals surface area contributed by atoms with E-state index >= 15 is 0 Å². The Balaban J connectivity index is 2.00. The van der Waals surface area contributed by atoms with Gasteiger partial charge in [-0.15, -0.1) is 0 Å². The van der Waals surface area contributed by atoms with Crippen molar-refractivity contribution in [1.82, 2.24) is 9.88 Å². The summed E-state index contributed by atoms with van der Waals surface area (Å²) in [6.07, 6.45) is 3.75. The van der Waals surface area contributed by atoms with Crippen molar-refractivity contribution in [3.8, 4) is 0 Å². The van der Waals surface area contributed by atoms with E-state index in [1.165, 1.54) is 6.08 Å². The number of aromatic nitrogens is 1. The zero-order valence-electron chi connectivity index (χ0n) is 11.8. The van der Waals surface area contributed by atoms with Crippen LogP contribution in [0.5, 0.6) is 0 Å². The molecule has 0 aromatic carbocycles. The second kappa shape index (κ2) is 6.43. The van der Waals surface area contributed by atoms with E-state index in [-0.39, 0.29) is 11.7 Å². The van der Waals surface area contributed by atoms with Crippen molar-refractivity contribution in [3.05, 3.63) is 41.2 Å². The van der Waals surface area contributed by atoms with Gasteiger partial charge in [0.1, 0.15) is 0 Å². The number of carbonyl (C=O) groups is 2. The van der Waals surface area contributed by atoms with Crippen molar-refractivity contribution in [3.63, 3.8) is 0 Å². The second-order valence-electron chi connectivity index (χ2n) is 4.79. The number of amides is 1. The predicted octanol–water partition coefficient (Wildman–Crippen LogP) is 1.38. The SMILES string of the molecule is COCCCN1CC(C(=O)c2ccc(C)nc2)=CC1=O. The van der Waals surface area contributed by atoms with Gasteiger partial charge in [-0.3, -0.25) is 14.6 Å². The Morgan fingerprint density at radius 1 is 1.45 bits per heavy atom. The van der Waals surface area contributed by atoms with Gasteiger partial charge in [0, 0.05) is 49.4 Å². The van der Waals surface area contributed by atoms with E-state index in [2.05, 4.69) is 4.98 Å². The lowest BCUT2D eigenvalue weighted by Crippen LogP contribution is -2.28. The standard InChI is InChI=1S/C15H18N2O3/c1-11-4-5-12(9-16-11)15(19)13-8-14(18)17(10-13)6-3-7-20-2/h4-5,8-9H,3,6-7,10H2,1-2H3. The van der Waals surface area contributed by atoms with E-state index in [0.717, 1.165) is 12.1 Å². The van der Waals surface area contributed by atoms with Gasteiger partial charge in [-0.2, -0.15) is 0 Å². The molecule has 0 N–H and O–H groups in total. The highest BCUT2D eigenvalue weighted by Gasteiger charge is 2.25. The molecule has 1 aromatic rings. The van der Waals surface area contributed by atoms with E-state index in [1.54, 1.807) is 30.3 Å². The lowest BCUT2D eigenvalue weighted by Gasteiger charge is -2.15. The van der Waals surface area contributed by atoms with Crippen LogP contribution in [0.1, 0.15) is 22.5 Å². The molecule has 5 nitrogen and oxygen atoms in total. The molecule has 1 amide bonds. The summed E-state index contributed by atoms with van der Waals surface area (Å²) >= 11 is 0. The highest BCUT2D eigenvalue weighted by Crippen LogP contribution is 2.16. The number of aryl methyl sites for hydroxylation is 1. The summed E-state index contributed by atoms with van der Waals surface area (Å²) in [6.45, 7) is 3.44. The smallest absolute Gasteiger partial charge is 0.247 e. The molecule has 1 aliphatic rings. The Morgan fingerprint density at radius 2 is 2.25 bits per heavy atom. The van der Waals surface area contributed by atoms with Gasteiger partial charge in [-0.05, 0) is 25.5 Å². The summed E-state index contributed by atoms with van der Waals surface area (Å²) in [5.41, 5.74) is 1.91. The normalized spacial score (nSPS) is 14.6. The molecule has 1 aromatic heterocycles. The van der Waals surface area contributed by atoms with E-state index < -0.39 is 0 Å². The van der Waals surface area contributed by atoms with Gasteiger partial charge in [-0.1, -0.05) is 0 Å². The molecule has 5 heteroatoms. The minimum atomic E-state index is -0.125. The van der Waals surface area contributed by atoms with Crippen LogP contribution in [0.15, 0.2) is 30.0 Å². The van der Waals surface area contributed by atoms with Crippen LogP contribution in [0, 0.1) is 6.92 Å². The fraction of sp³-hybridized carbons (Fsp3) is 0.400. The third kappa shape index (κ3) is 3.30. The van der Waals surface area contributed by atoms with Crippen LogP contribution in [0.2, 0.25) is 0 Å². The number of ketones is 1. The van der Waals surface area contributed by atoms with Crippen LogP contribution in [0.25, 0.3) is 0 Å². The van der Waals surface area contributed by atoms with Gasteiger partial charge in [0.2, 0.25) is 5.91 Å². The van der Waals surface area contributed by atoms with E-state index in [1.807, 2.05) is 6.92 Å². The summed E-state index contributed by atoms with van der Waals surface area (Å²) in [4.78, 5) is 29.8. The van der Waals surface area contributed by atoms with Crippen molar-refractivity contribution in [2.45, 2.75) is 13.3 Å². The number of hydrogen-bond acceptors (Lipinski definition) is 4. The van der Waals surface area contributed by atoms with Crippen molar-refractivity contribution >= 4 is 11.7 Å². The van der Waals surface area contributed by atoms with Gasteiger partial charge >= 0.3 is 0 Å². The lowest BCUT2D eigenvalue weighted by atomic mass is 10.1. The van der Waals surface area contributed by atoms with E-state index in [9.17, 15) is 9.59 Å². The van der Waals surface area contributed by atoms with Crippen molar-refractivity contribution < 1.29 is 14.3 Å². The van der Waals surface area contributed by atoms with Gasteiger partial charge in [0.05, 0.1) is 6.54 Å². The molecule has 0 unspecified atom stereocenters. The number of ether oxygens (including phenoxy) is 1. The molecule has 20 heavy (non-hydrogen) atoms. The highest BCUT2D eigenvalue weighted by atomic mass is 16.5. The Hall–Kier alpha value is -2.01. The van der Waals surface area contributed by atoms with Crippen LogP contribution in [0.4, 0.5) is 0 Å². The number of hydrogen-bond donors (Lipinski definition) is 0. The van der Waals surface area contributed by atoms with Crippen molar-refractivity contribution in [1.29, 1.82) is 0 Å². The average Bonchev–Trinajstić information content (AvgIpc) is 2.81. The summed E-state index contributed by atoms with van der Waals surface area (Å²) in [7, 11) is 1.63. The van der Waals surface area contributed by atoms with Gasteiger partial charge in [0.25, 0.3) is 0 Å². The van der Waals surface area contributed by atoms with Gasteiger partial charge < -0.3 is 9.64 Å². The first-order chi connectivity index (χ1) is 9.61. The summed E-state index contributed by atoms with van der Waals surface area (Å²) in [5.74, 6) is -0.232. The average molecular weight is 274 g/mol. The topological polar surface area (TPSA) is 59.5 Å². The molecule has 1 aliphatic heterocycles. The third-order valence-electron chi connectivity index (χ3n) is 3.21. The Morgan fingerprint density at radius 3 is 2.90 bits per heavy atom. The zero-order chi connectivity index (χ0) is 14.5. The number of Topliss-reactive ketones (excluding diaryl/α,β-unsaturated/α-hetero) is 1. The summed E-state index contributed by atoms with van der Waals surface area (Å²) in [5, 5.41) is 0. The Bertz CT molecular complexity index is 535. The van der Waals surface area contributed by atoms with Crippen molar-refractivity contribution in [2.75, 3.05) is 26.8 Å². The van der Waals surface area contributed by atoms with E-state index in [4.69, 9.17) is 4.74 Å². The monoisotopic (exact) mass is 274 g/mol. The Kier molecular flexibility index (Phi) is 4.63. The fourth-order valence-electron chi connectivity index (χ4n) is 2.08. The maximum absolute atomic E-state index is 12.3. The van der Waals surface area contributed by atoms with Crippen LogP contribution in [0.3, 0.4) is 0 Å². The van der Waals surface area contributed by atoms with Crippen molar-refractivity contribution in [2.24, 2.45) is 0 Å². The minimum Gasteiger partial charge on any atom is -0.385 e. The molecule has 0 radical (unpaired) electrons. The molecule has 2 rings (SSSR count). The number of carbonyl (C=O) groups excluding carboxylic acids is 2. The van der Waals surface area contributed by atoms with Crippen LogP contribution in [-0.4, -0.2) is 48.4 Å². The molecular formula is C15H18N2O3. The summed E-state index contributed by atoms with van der Waals surface area (Å²) in [6, 6.07) is 3.53. The van der Waals surface area contributed by atoms with Crippen LogP contribution < -0.4 is 0 Å². The number of pyridine rings is 1. The molecule has 106 valence electrons. The molecule has 0 saturated heterocycles. The molecule has 0 bridgehead atoms. The van der Waals surface area contributed by atoms with Gasteiger partial charge in [0.15, 0.2) is 5.78 Å². The van der Waals surface area contributed by atoms with Crippen LogP contribution >= 0.6 is 0 Å². The number of nitrogens with zero attached hydrogens (tertiary/aromatic N) is 2. The second-order valence-corrected chi connectivity index (χ2v) is 4.79. The number of rotatable bonds is 6. The highest BCUT2D eigenvalue weighted by molar-refractivity contribution is 6.13. The minimum absolute atomic E-state index is 0.107. The van der Waals surface area contributed by atoms with Gasteiger partial charge in [-0.25, -0.2) is 0 Å². The quantitative estimate of drug-likeness (QED) is 0.581. The van der Waals surface area contributed by atoms with E-state index in [0.29, 0.717) is 30.8 Å². The molecule has 0 saturated carbocycles. The summed E-state index contributed by atoms with van der Waals surface area (Å²) < 4.78 is 4.96. The third-order valence-corrected chi connectivity index (χ3v) is 3.21. The maximum Gasteiger partial charge on any atom is 0.247 e. The zero-order valence-corrected chi connectivity index (χ0v) is 11.8. The van der Waals surface area contributed by atoms with Crippen LogP contribution in [-0.2, 0) is 9.53 Å².